The third kappa shape index (κ3) is 12.7. The minimum Gasteiger partial charge on any atom is -0.493 e. The Labute approximate surface area is 307 Å². The fraction of sp³-hybridized carbons (Fsp3) is 0.200. The fourth-order valence-electron chi connectivity index (χ4n) is 5.43. The van der Waals surface area contributed by atoms with Crippen molar-refractivity contribution in [2.45, 2.75) is 38.5 Å². The van der Waals surface area contributed by atoms with Crippen LogP contribution in [0.5, 0.6) is 17.2 Å². The van der Waals surface area contributed by atoms with Gasteiger partial charge in [0.05, 0.1) is 19.3 Å². The zero-order valence-corrected chi connectivity index (χ0v) is 29.6. The van der Waals surface area contributed by atoms with E-state index in [1.807, 2.05) is 140 Å². The van der Waals surface area contributed by atoms with Crippen LogP contribution in [0.15, 0.2) is 164 Å². The van der Waals surface area contributed by atoms with Gasteiger partial charge >= 0.3 is 0 Å². The molecule has 0 radical (unpaired) electrons. The Morgan fingerprint density at radius 3 is 1.42 bits per heavy atom. The molecule has 0 saturated carbocycles. The predicted octanol–water partition coefficient (Wildman–Crippen LogP) is 8.19. The van der Waals surface area contributed by atoms with Gasteiger partial charge in [0.15, 0.2) is 11.5 Å². The van der Waals surface area contributed by atoms with Crippen molar-refractivity contribution in [3.05, 3.63) is 197 Å². The zero-order chi connectivity index (χ0) is 36.2. The molecule has 4 N–H and O–H groups in total. The van der Waals surface area contributed by atoms with Crippen LogP contribution in [0.4, 0.5) is 0 Å². The molecule has 0 fully saturated rings. The molecule has 7 nitrogen and oxygen atoms in total. The average molecular weight is 697 g/mol. The maximum Gasteiger partial charge on any atom is 0.161 e. The Morgan fingerprint density at radius 1 is 0.462 bits per heavy atom. The number of hydrogen-bond acceptors (Lipinski definition) is 7. The van der Waals surface area contributed by atoms with Crippen LogP contribution in [0.3, 0.4) is 0 Å². The van der Waals surface area contributed by atoms with Crippen LogP contribution in [0.1, 0.15) is 45.6 Å². The molecule has 0 saturated heterocycles. The zero-order valence-electron chi connectivity index (χ0n) is 29.6. The Hall–Kier alpha value is -5.44. The van der Waals surface area contributed by atoms with E-state index in [4.69, 9.17) is 14.2 Å². The van der Waals surface area contributed by atoms with Gasteiger partial charge in [0.25, 0.3) is 0 Å². The summed E-state index contributed by atoms with van der Waals surface area (Å²) in [6, 6.07) is 53.5. The minimum atomic E-state index is -0.620. The summed E-state index contributed by atoms with van der Waals surface area (Å²) in [7, 11) is 1.61. The van der Waals surface area contributed by atoms with Gasteiger partial charge in [-0.15, -0.1) is 0 Å². The second-order valence-electron chi connectivity index (χ2n) is 12.3. The first-order chi connectivity index (χ1) is 25.6. The number of ether oxygens (including phenoxy) is 3. The molecule has 0 amide bonds. The Morgan fingerprint density at radius 2 is 0.923 bits per heavy atom. The first-order valence-corrected chi connectivity index (χ1v) is 17.5. The van der Waals surface area contributed by atoms with Gasteiger partial charge in [-0.1, -0.05) is 140 Å². The van der Waals surface area contributed by atoms with Crippen LogP contribution < -0.4 is 24.8 Å². The summed E-state index contributed by atoms with van der Waals surface area (Å²) < 4.78 is 17.1. The Bertz CT molecular complexity index is 1860. The quantitative estimate of drug-likeness (QED) is 0.0765. The molecule has 52 heavy (non-hydrogen) atoms. The van der Waals surface area contributed by atoms with E-state index < -0.39 is 12.2 Å². The lowest BCUT2D eigenvalue weighted by Crippen LogP contribution is -2.21. The van der Waals surface area contributed by atoms with Crippen LogP contribution in [0.25, 0.3) is 0 Å². The molecule has 6 aromatic carbocycles. The standard InChI is InChI=1S/C23H25NO3.C22H23NO2/c1-26-23-14-20(21(25)16-24-15-18-8-4-2-5-9-18)12-13-22(23)27-17-19-10-6-3-7-11-19;24-22(16-23-15-18-8-3-1-4-9-18)20-12-7-13-21(14-20)25-17-19-10-5-2-6-11-19/h2-14,21,24-25H,15-17H2,1H3;1-14,22-24H,15-17H2. The second-order valence-corrected chi connectivity index (χ2v) is 12.3. The number of aliphatic hydroxyl groups excluding tert-OH is 2. The van der Waals surface area contributed by atoms with Gasteiger partial charge in [0, 0.05) is 26.2 Å². The first kappa shape index (κ1) is 37.8. The highest BCUT2D eigenvalue weighted by Gasteiger charge is 2.13. The highest BCUT2D eigenvalue weighted by Crippen LogP contribution is 2.31. The molecule has 0 aliphatic rings. The van der Waals surface area contributed by atoms with Crippen molar-refractivity contribution in [1.82, 2.24) is 10.6 Å². The van der Waals surface area contributed by atoms with Gasteiger partial charge in [-0.3, -0.25) is 0 Å². The van der Waals surface area contributed by atoms with Crippen molar-refractivity contribution in [1.29, 1.82) is 0 Å². The van der Waals surface area contributed by atoms with E-state index in [-0.39, 0.29) is 0 Å². The minimum absolute atomic E-state index is 0.461. The van der Waals surface area contributed by atoms with Crippen molar-refractivity contribution in [2.75, 3.05) is 20.2 Å². The van der Waals surface area contributed by atoms with E-state index in [9.17, 15) is 10.2 Å². The highest BCUT2D eigenvalue weighted by molar-refractivity contribution is 5.44. The summed E-state index contributed by atoms with van der Waals surface area (Å²) in [5, 5.41) is 27.4. The van der Waals surface area contributed by atoms with Crippen LogP contribution in [0.2, 0.25) is 0 Å². The van der Waals surface area contributed by atoms with Crippen LogP contribution in [0, 0.1) is 0 Å². The maximum absolute atomic E-state index is 10.5. The number of hydrogen-bond donors (Lipinski definition) is 4. The molecule has 6 aromatic rings. The van der Waals surface area contributed by atoms with Crippen molar-refractivity contribution in [2.24, 2.45) is 0 Å². The third-order valence-electron chi connectivity index (χ3n) is 8.32. The summed E-state index contributed by atoms with van der Waals surface area (Å²) in [6.45, 7) is 3.40. The summed E-state index contributed by atoms with van der Waals surface area (Å²) in [6.07, 6.45) is -1.19. The monoisotopic (exact) mass is 696 g/mol. The molecule has 268 valence electrons. The lowest BCUT2D eigenvalue weighted by atomic mass is 10.1. The van der Waals surface area contributed by atoms with Gasteiger partial charge in [-0.05, 0) is 57.6 Å². The maximum atomic E-state index is 10.5. The van der Waals surface area contributed by atoms with Crippen molar-refractivity contribution >= 4 is 0 Å². The third-order valence-corrected chi connectivity index (χ3v) is 8.32. The predicted molar refractivity (Wildman–Crippen MR) is 207 cm³/mol. The smallest absolute Gasteiger partial charge is 0.161 e. The van der Waals surface area contributed by atoms with E-state index >= 15 is 0 Å². The fourth-order valence-corrected chi connectivity index (χ4v) is 5.43. The molecule has 0 aliphatic heterocycles. The SMILES string of the molecule is COc1cc(C(O)CNCc2ccccc2)ccc1OCc1ccccc1.OC(CNCc1ccccc1)c1cccc(OCc2ccccc2)c1. The topological polar surface area (TPSA) is 92.2 Å². The summed E-state index contributed by atoms with van der Waals surface area (Å²) in [5.41, 5.74) is 6.25. The summed E-state index contributed by atoms with van der Waals surface area (Å²) in [5.74, 6) is 2.04. The van der Waals surface area contributed by atoms with Gasteiger partial charge in [0.2, 0.25) is 0 Å². The number of benzene rings is 6. The molecule has 0 spiro atoms. The van der Waals surface area contributed by atoms with Gasteiger partial charge < -0.3 is 35.1 Å². The molecule has 0 bridgehead atoms. The Balaban J connectivity index is 0.000000202. The van der Waals surface area contributed by atoms with E-state index in [0.29, 0.717) is 44.3 Å². The number of rotatable bonds is 17. The Kier molecular flexibility index (Phi) is 15.3. The lowest BCUT2D eigenvalue weighted by Gasteiger charge is -2.16. The molecule has 2 unspecified atom stereocenters. The van der Waals surface area contributed by atoms with Crippen molar-refractivity contribution < 1.29 is 24.4 Å². The van der Waals surface area contributed by atoms with Crippen molar-refractivity contribution in [3.63, 3.8) is 0 Å². The molecule has 0 aliphatic carbocycles. The lowest BCUT2D eigenvalue weighted by molar-refractivity contribution is 0.173. The van der Waals surface area contributed by atoms with Crippen LogP contribution >= 0.6 is 0 Å². The van der Waals surface area contributed by atoms with E-state index in [0.717, 1.165) is 34.5 Å². The largest absolute Gasteiger partial charge is 0.493 e. The van der Waals surface area contributed by atoms with Gasteiger partial charge in [-0.25, -0.2) is 0 Å². The first-order valence-electron chi connectivity index (χ1n) is 17.5. The molecular formula is C45H48N2O5. The van der Waals surface area contributed by atoms with Crippen LogP contribution in [-0.4, -0.2) is 30.4 Å². The molecule has 2 atom stereocenters. The van der Waals surface area contributed by atoms with E-state index in [2.05, 4.69) is 34.9 Å². The summed E-state index contributed by atoms with van der Waals surface area (Å²) >= 11 is 0. The van der Waals surface area contributed by atoms with Crippen molar-refractivity contribution in [3.8, 4) is 17.2 Å². The number of methoxy groups -OCH3 is 1. The summed E-state index contributed by atoms with van der Waals surface area (Å²) in [4.78, 5) is 0. The molecular weight excluding hydrogens is 649 g/mol. The molecule has 0 heterocycles. The van der Waals surface area contributed by atoms with E-state index in [1.165, 1.54) is 11.1 Å². The van der Waals surface area contributed by atoms with Crippen LogP contribution in [-0.2, 0) is 26.3 Å². The molecule has 7 heteroatoms. The molecule has 6 rings (SSSR count). The van der Waals surface area contributed by atoms with Gasteiger partial charge in [-0.2, -0.15) is 0 Å². The van der Waals surface area contributed by atoms with Gasteiger partial charge in [0.1, 0.15) is 19.0 Å². The normalized spacial score (nSPS) is 11.8. The van der Waals surface area contributed by atoms with E-state index in [1.54, 1.807) is 7.11 Å². The second kappa shape index (κ2) is 21.0. The average Bonchev–Trinajstić information content (AvgIpc) is 3.21. The highest BCUT2D eigenvalue weighted by atomic mass is 16.5. The number of aliphatic hydroxyl groups is 2. The molecule has 0 aromatic heterocycles. The number of nitrogens with one attached hydrogen (secondary N) is 2.